The molecule has 0 aromatic rings. The number of likely N-dealkylation sites (tertiary alicyclic amines) is 1. The van der Waals surface area contributed by atoms with Crippen LogP contribution in [0.1, 0.15) is 39.5 Å². The highest BCUT2D eigenvalue weighted by Crippen LogP contribution is 2.23. The zero-order valence-electron chi connectivity index (χ0n) is 11.3. The fraction of sp³-hybridized carbons (Fsp3) is 0.923. The van der Waals surface area contributed by atoms with Crippen LogP contribution in [0.2, 0.25) is 0 Å². The van der Waals surface area contributed by atoms with Gasteiger partial charge in [-0.25, -0.2) is 0 Å². The minimum atomic E-state index is 0.0250. The van der Waals surface area contributed by atoms with Crippen LogP contribution in [-0.4, -0.2) is 48.6 Å². The normalized spacial score (nSPS) is 26.5. The summed E-state index contributed by atoms with van der Waals surface area (Å²) >= 11 is 0. The highest BCUT2D eigenvalue weighted by molar-refractivity contribution is 5.81. The monoisotopic (exact) mass is 239 g/mol. The maximum Gasteiger partial charge on any atom is 0.237 e. The van der Waals surface area contributed by atoms with Gasteiger partial charge in [-0.05, 0) is 46.6 Å². The maximum atomic E-state index is 12.0. The standard InChI is InChI=1S/C13H25N3O/c1-10(12(17)15-11-4-5-11)16-8-6-13(2,14-3)7-9-16/h10-11,14H,4-9H2,1-3H3,(H,15,17). The second kappa shape index (κ2) is 4.94. The van der Waals surface area contributed by atoms with Crippen molar-refractivity contribution in [3.63, 3.8) is 0 Å². The molecule has 1 heterocycles. The van der Waals surface area contributed by atoms with Crippen LogP contribution >= 0.6 is 0 Å². The maximum absolute atomic E-state index is 12.0. The van der Waals surface area contributed by atoms with E-state index >= 15 is 0 Å². The zero-order valence-corrected chi connectivity index (χ0v) is 11.3. The Balaban J connectivity index is 1.80. The first kappa shape index (κ1) is 12.8. The quantitative estimate of drug-likeness (QED) is 0.760. The van der Waals surface area contributed by atoms with Gasteiger partial charge in [0.05, 0.1) is 6.04 Å². The Kier molecular flexibility index (Phi) is 3.73. The summed E-state index contributed by atoms with van der Waals surface area (Å²) in [4.78, 5) is 14.3. The number of hydrogen-bond donors (Lipinski definition) is 2. The Labute approximate surface area is 104 Å². The SMILES string of the molecule is CNC1(C)CCN(C(C)C(=O)NC2CC2)CC1. The molecule has 1 aliphatic heterocycles. The van der Waals surface area contributed by atoms with Crippen LogP contribution in [0.15, 0.2) is 0 Å². The Morgan fingerprint density at radius 2 is 1.94 bits per heavy atom. The molecular weight excluding hydrogens is 214 g/mol. The lowest BCUT2D eigenvalue weighted by Crippen LogP contribution is -2.55. The molecule has 1 amide bonds. The summed E-state index contributed by atoms with van der Waals surface area (Å²) < 4.78 is 0. The van der Waals surface area contributed by atoms with E-state index in [0.29, 0.717) is 6.04 Å². The molecular formula is C13H25N3O. The average Bonchev–Trinajstić information content (AvgIpc) is 3.13. The van der Waals surface area contributed by atoms with Crippen molar-refractivity contribution in [3.8, 4) is 0 Å². The molecule has 2 fully saturated rings. The highest BCUT2D eigenvalue weighted by Gasteiger charge is 2.33. The third kappa shape index (κ3) is 3.19. The lowest BCUT2D eigenvalue weighted by Gasteiger charge is -2.41. The van der Waals surface area contributed by atoms with Crippen LogP contribution < -0.4 is 10.6 Å². The highest BCUT2D eigenvalue weighted by atomic mass is 16.2. The summed E-state index contributed by atoms with van der Waals surface area (Å²) in [5.74, 6) is 0.209. The molecule has 1 aliphatic carbocycles. The largest absolute Gasteiger partial charge is 0.352 e. The van der Waals surface area contributed by atoms with Crippen molar-refractivity contribution < 1.29 is 4.79 Å². The van der Waals surface area contributed by atoms with Crippen LogP contribution in [0.3, 0.4) is 0 Å². The molecule has 0 radical (unpaired) electrons. The van der Waals surface area contributed by atoms with Crippen molar-refractivity contribution in [3.05, 3.63) is 0 Å². The lowest BCUT2D eigenvalue weighted by atomic mass is 9.89. The molecule has 4 nitrogen and oxygen atoms in total. The van der Waals surface area contributed by atoms with E-state index in [1.807, 2.05) is 14.0 Å². The Bertz CT molecular complexity index is 280. The second-order valence-electron chi connectivity index (χ2n) is 5.81. The minimum Gasteiger partial charge on any atom is -0.352 e. The third-order valence-corrected chi connectivity index (χ3v) is 4.36. The lowest BCUT2D eigenvalue weighted by molar-refractivity contribution is -0.126. The number of nitrogens with zero attached hydrogens (tertiary/aromatic N) is 1. The molecule has 4 heteroatoms. The Morgan fingerprint density at radius 1 is 1.35 bits per heavy atom. The van der Waals surface area contributed by atoms with E-state index < -0.39 is 0 Å². The molecule has 0 aromatic heterocycles. The molecule has 1 unspecified atom stereocenters. The van der Waals surface area contributed by atoms with Crippen molar-refractivity contribution in [2.24, 2.45) is 0 Å². The number of amides is 1. The number of carbonyl (C=O) groups is 1. The molecule has 2 aliphatic rings. The van der Waals surface area contributed by atoms with Crippen molar-refractivity contribution in [1.29, 1.82) is 0 Å². The van der Waals surface area contributed by atoms with Crippen molar-refractivity contribution in [1.82, 2.24) is 15.5 Å². The Hall–Kier alpha value is -0.610. The van der Waals surface area contributed by atoms with Crippen LogP contribution in [-0.2, 0) is 4.79 Å². The topological polar surface area (TPSA) is 44.4 Å². The number of piperidine rings is 1. The first-order valence-electron chi connectivity index (χ1n) is 6.77. The van der Waals surface area contributed by atoms with Crippen LogP contribution in [0.5, 0.6) is 0 Å². The molecule has 0 spiro atoms. The molecule has 2 rings (SSSR count). The van der Waals surface area contributed by atoms with E-state index in [4.69, 9.17) is 0 Å². The van der Waals surface area contributed by atoms with Gasteiger partial charge in [0.2, 0.25) is 5.91 Å². The fourth-order valence-electron chi connectivity index (χ4n) is 2.37. The van der Waals surface area contributed by atoms with Gasteiger partial charge < -0.3 is 10.6 Å². The molecule has 2 N–H and O–H groups in total. The van der Waals surface area contributed by atoms with Crippen molar-refractivity contribution in [2.75, 3.05) is 20.1 Å². The van der Waals surface area contributed by atoms with E-state index in [0.717, 1.165) is 38.8 Å². The van der Waals surface area contributed by atoms with Crippen LogP contribution in [0.25, 0.3) is 0 Å². The number of hydrogen-bond acceptors (Lipinski definition) is 3. The summed E-state index contributed by atoms with van der Waals surface area (Å²) in [7, 11) is 2.03. The van der Waals surface area contributed by atoms with Gasteiger partial charge in [0.1, 0.15) is 0 Å². The van der Waals surface area contributed by atoms with Crippen LogP contribution in [0.4, 0.5) is 0 Å². The molecule has 0 aromatic carbocycles. The van der Waals surface area contributed by atoms with Gasteiger partial charge in [0.25, 0.3) is 0 Å². The number of nitrogens with one attached hydrogen (secondary N) is 2. The summed E-state index contributed by atoms with van der Waals surface area (Å²) in [5.41, 5.74) is 0.253. The van der Waals surface area contributed by atoms with E-state index in [-0.39, 0.29) is 17.5 Å². The fourth-order valence-corrected chi connectivity index (χ4v) is 2.37. The van der Waals surface area contributed by atoms with Crippen molar-refractivity contribution >= 4 is 5.91 Å². The predicted molar refractivity (Wildman–Crippen MR) is 68.9 cm³/mol. The van der Waals surface area contributed by atoms with E-state index in [1.165, 1.54) is 0 Å². The van der Waals surface area contributed by atoms with Gasteiger partial charge in [-0.2, -0.15) is 0 Å². The molecule has 1 saturated heterocycles. The average molecular weight is 239 g/mol. The zero-order chi connectivity index (χ0) is 12.5. The molecule has 0 bridgehead atoms. The van der Waals surface area contributed by atoms with Gasteiger partial charge in [0, 0.05) is 24.7 Å². The molecule has 1 saturated carbocycles. The summed E-state index contributed by atoms with van der Waals surface area (Å²) in [6, 6.07) is 0.495. The first-order valence-corrected chi connectivity index (χ1v) is 6.77. The number of rotatable bonds is 4. The van der Waals surface area contributed by atoms with Gasteiger partial charge in [0.15, 0.2) is 0 Å². The summed E-state index contributed by atoms with van der Waals surface area (Å²) in [6.07, 6.45) is 4.56. The predicted octanol–water partition coefficient (Wildman–Crippen LogP) is 0.727. The molecule has 98 valence electrons. The smallest absolute Gasteiger partial charge is 0.237 e. The second-order valence-corrected chi connectivity index (χ2v) is 5.81. The molecule has 1 atom stereocenters. The summed E-state index contributed by atoms with van der Waals surface area (Å²) in [5, 5.41) is 6.47. The van der Waals surface area contributed by atoms with Gasteiger partial charge in [-0.3, -0.25) is 9.69 Å². The third-order valence-electron chi connectivity index (χ3n) is 4.36. The van der Waals surface area contributed by atoms with Gasteiger partial charge >= 0.3 is 0 Å². The van der Waals surface area contributed by atoms with Gasteiger partial charge in [-0.1, -0.05) is 0 Å². The Morgan fingerprint density at radius 3 is 2.41 bits per heavy atom. The van der Waals surface area contributed by atoms with Crippen molar-refractivity contribution in [2.45, 2.75) is 57.2 Å². The summed E-state index contributed by atoms with van der Waals surface area (Å²) in [6.45, 7) is 6.31. The van der Waals surface area contributed by atoms with E-state index in [2.05, 4.69) is 22.5 Å². The van der Waals surface area contributed by atoms with Crippen LogP contribution in [0, 0.1) is 0 Å². The molecule has 17 heavy (non-hydrogen) atoms. The van der Waals surface area contributed by atoms with E-state index in [1.54, 1.807) is 0 Å². The minimum absolute atomic E-state index is 0.0250. The number of carbonyl (C=O) groups excluding carboxylic acids is 1. The van der Waals surface area contributed by atoms with E-state index in [9.17, 15) is 4.79 Å². The first-order chi connectivity index (χ1) is 8.04. The van der Waals surface area contributed by atoms with Gasteiger partial charge in [-0.15, -0.1) is 0 Å².